The Morgan fingerprint density at radius 3 is 2.44 bits per heavy atom. The van der Waals surface area contributed by atoms with E-state index in [0.717, 1.165) is 27.7 Å². The number of carbonyl (C=O) groups excluding carboxylic acids is 1. The van der Waals surface area contributed by atoms with Gasteiger partial charge in [-0.3, -0.25) is 4.79 Å². The Hall–Kier alpha value is -2.64. The minimum absolute atomic E-state index is 0.0318. The molecule has 0 radical (unpaired) electrons. The number of aryl methyl sites for hydroxylation is 1. The molecule has 2 aromatic carbocycles. The Morgan fingerprint density at radius 2 is 1.78 bits per heavy atom. The lowest BCUT2D eigenvalue weighted by molar-refractivity contribution is -0.120. The van der Waals surface area contributed by atoms with Gasteiger partial charge in [-0.2, -0.15) is 0 Å². The van der Waals surface area contributed by atoms with Gasteiger partial charge in [0.15, 0.2) is 0 Å². The third-order valence-electron chi connectivity index (χ3n) is 4.86. The fourth-order valence-corrected chi connectivity index (χ4v) is 3.75. The van der Waals surface area contributed by atoms with Gasteiger partial charge in [-0.15, -0.1) is 0 Å². The molecule has 0 aliphatic rings. The fraction of sp³-hybridized carbons (Fsp3) is 0.250. The van der Waals surface area contributed by atoms with Gasteiger partial charge in [0.2, 0.25) is 15.9 Å². The van der Waals surface area contributed by atoms with E-state index in [1.54, 1.807) is 12.1 Å². The van der Waals surface area contributed by atoms with E-state index in [0.29, 0.717) is 19.4 Å². The van der Waals surface area contributed by atoms with Crippen LogP contribution in [0, 0.1) is 6.92 Å². The summed E-state index contributed by atoms with van der Waals surface area (Å²) in [5.41, 5.74) is 4.19. The fourth-order valence-electron chi connectivity index (χ4n) is 3.24. The summed E-state index contributed by atoms with van der Waals surface area (Å²) in [6.45, 7) is 2.51. The number of fused-ring (bicyclic) bond motifs is 1. The van der Waals surface area contributed by atoms with Crippen LogP contribution >= 0.6 is 0 Å². The summed E-state index contributed by atoms with van der Waals surface area (Å²) in [6, 6.07) is 14.4. The van der Waals surface area contributed by atoms with Crippen molar-refractivity contribution in [2.24, 2.45) is 12.2 Å². The molecule has 0 saturated carbocycles. The normalized spacial score (nSPS) is 11.7. The van der Waals surface area contributed by atoms with Crippen molar-refractivity contribution in [3.05, 3.63) is 65.4 Å². The van der Waals surface area contributed by atoms with E-state index in [1.807, 2.05) is 32.2 Å². The number of para-hydroxylation sites is 1. The van der Waals surface area contributed by atoms with Gasteiger partial charge >= 0.3 is 0 Å². The van der Waals surface area contributed by atoms with Gasteiger partial charge in [0.1, 0.15) is 0 Å². The van der Waals surface area contributed by atoms with Gasteiger partial charge in [0.05, 0.1) is 11.3 Å². The molecular weight excluding hydrogens is 362 g/mol. The molecule has 0 aliphatic heterocycles. The first-order valence-electron chi connectivity index (χ1n) is 8.68. The van der Waals surface area contributed by atoms with Crippen LogP contribution in [-0.2, 0) is 34.7 Å². The Labute approximate surface area is 159 Å². The summed E-state index contributed by atoms with van der Waals surface area (Å²) in [5, 5.41) is 9.12. The highest BCUT2D eigenvalue weighted by molar-refractivity contribution is 7.89. The van der Waals surface area contributed by atoms with Gasteiger partial charge in [-0.1, -0.05) is 30.3 Å². The number of benzene rings is 2. The predicted octanol–water partition coefficient (Wildman–Crippen LogP) is 2.04. The maximum Gasteiger partial charge on any atom is 0.238 e. The SMILES string of the molecule is Cc1c(CC(=O)NCCc2ccc(S(N)(=O)=O)cc2)c2ccccc2n1C. The number of nitrogens with zero attached hydrogens (tertiary/aromatic N) is 1. The Kier molecular flexibility index (Phi) is 5.34. The topological polar surface area (TPSA) is 94.2 Å². The zero-order valence-corrected chi connectivity index (χ0v) is 16.2. The van der Waals surface area contributed by atoms with Crippen molar-refractivity contribution in [2.75, 3.05) is 6.54 Å². The van der Waals surface area contributed by atoms with Crippen LogP contribution in [0.3, 0.4) is 0 Å². The van der Waals surface area contributed by atoms with E-state index in [-0.39, 0.29) is 10.8 Å². The Balaban J connectivity index is 1.60. The molecule has 7 heteroatoms. The Morgan fingerprint density at radius 1 is 1.11 bits per heavy atom. The molecule has 3 N–H and O–H groups in total. The molecule has 1 aromatic heterocycles. The molecule has 0 aliphatic carbocycles. The third kappa shape index (κ3) is 4.20. The second-order valence-electron chi connectivity index (χ2n) is 6.61. The second-order valence-corrected chi connectivity index (χ2v) is 8.17. The molecule has 0 atom stereocenters. The number of hydrogen-bond donors (Lipinski definition) is 2. The monoisotopic (exact) mass is 385 g/mol. The van der Waals surface area contributed by atoms with Crippen molar-refractivity contribution >= 4 is 26.8 Å². The summed E-state index contributed by atoms with van der Waals surface area (Å²) in [7, 11) is -1.68. The van der Waals surface area contributed by atoms with Crippen LogP contribution in [0.25, 0.3) is 10.9 Å². The van der Waals surface area contributed by atoms with Crippen LogP contribution in [0.1, 0.15) is 16.8 Å². The molecule has 3 aromatic rings. The number of aromatic nitrogens is 1. The molecule has 0 spiro atoms. The van der Waals surface area contributed by atoms with Crippen LogP contribution < -0.4 is 10.5 Å². The van der Waals surface area contributed by atoms with Crippen LogP contribution in [0.15, 0.2) is 53.4 Å². The summed E-state index contributed by atoms with van der Waals surface area (Å²) in [4.78, 5) is 12.5. The second kappa shape index (κ2) is 7.54. The highest BCUT2D eigenvalue weighted by Gasteiger charge is 2.14. The summed E-state index contributed by atoms with van der Waals surface area (Å²) < 4.78 is 24.6. The van der Waals surface area contributed by atoms with Gasteiger partial charge in [0, 0.05) is 30.2 Å². The van der Waals surface area contributed by atoms with E-state index in [9.17, 15) is 13.2 Å². The van der Waals surface area contributed by atoms with Crippen molar-refractivity contribution in [2.45, 2.75) is 24.7 Å². The van der Waals surface area contributed by atoms with Crippen LogP contribution in [-0.4, -0.2) is 25.4 Å². The van der Waals surface area contributed by atoms with E-state index in [1.165, 1.54) is 12.1 Å². The number of sulfonamides is 1. The molecular formula is C20H23N3O3S. The number of primary sulfonamides is 1. The molecule has 3 rings (SSSR count). The molecule has 6 nitrogen and oxygen atoms in total. The number of nitrogens with two attached hydrogens (primary N) is 1. The van der Waals surface area contributed by atoms with Crippen molar-refractivity contribution in [1.82, 2.24) is 9.88 Å². The highest BCUT2D eigenvalue weighted by atomic mass is 32.2. The molecule has 1 amide bonds. The van der Waals surface area contributed by atoms with Gasteiger partial charge in [-0.25, -0.2) is 13.6 Å². The number of amides is 1. The molecule has 1 heterocycles. The average molecular weight is 385 g/mol. The van der Waals surface area contributed by atoms with Gasteiger partial charge in [-0.05, 0) is 42.7 Å². The molecule has 0 saturated heterocycles. The van der Waals surface area contributed by atoms with Crippen molar-refractivity contribution < 1.29 is 13.2 Å². The number of carbonyl (C=O) groups is 1. The van der Waals surface area contributed by atoms with Crippen molar-refractivity contribution in [3.63, 3.8) is 0 Å². The quantitative estimate of drug-likeness (QED) is 0.680. The maximum absolute atomic E-state index is 12.4. The zero-order chi connectivity index (χ0) is 19.6. The third-order valence-corrected chi connectivity index (χ3v) is 5.78. The van der Waals surface area contributed by atoms with E-state index in [4.69, 9.17) is 5.14 Å². The predicted molar refractivity (Wildman–Crippen MR) is 106 cm³/mol. The van der Waals surface area contributed by atoms with Crippen molar-refractivity contribution in [3.8, 4) is 0 Å². The summed E-state index contributed by atoms with van der Waals surface area (Å²) in [6.07, 6.45) is 0.947. The smallest absolute Gasteiger partial charge is 0.238 e. The number of nitrogens with one attached hydrogen (secondary N) is 1. The molecule has 27 heavy (non-hydrogen) atoms. The average Bonchev–Trinajstić information content (AvgIpc) is 2.87. The summed E-state index contributed by atoms with van der Waals surface area (Å²) >= 11 is 0. The molecule has 0 unspecified atom stereocenters. The molecule has 0 fully saturated rings. The first kappa shape index (κ1) is 19.1. The van der Waals surface area contributed by atoms with Gasteiger partial charge in [0.25, 0.3) is 0 Å². The number of hydrogen-bond acceptors (Lipinski definition) is 3. The lowest BCUT2D eigenvalue weighted by Gasteiger charge is -2.07. The first-order chi connectivity index (χ1) is 12.8. The van der Waals surface area contributed by atoms with Crippen molar-refractivity contribution in [1.29, 1.82) is 0 Å². The van der Waals surface area contributed by atoms with E-state index < -0.39 is 10.0 Å². The lowest BCUT2D eigenvalue weighted by Crippen LogP contribution is -2.27. The minimum atomic E-state index is -3.68. The minimum Gasteiger partial charge on any atom is -0.355 e. The van der Waals surface area contributed by atoms with E-state index >= 15 is 0 Å². The van der Waals surface area contributed by atoms with Crippen LogP contribution in [0.4, 0.5) is 0 Å². The standard InChI is InChI=1S/C20H23N3O3S/c1-14-18(17-5-3-4-6-19(17)23(14)2)13-20(24)22-12-11-15-7-9-16(10-8-15)27(21,25)26/h3-10H,11-13H2,1-2H3,(H,22,24)(H2,21,25,26). The van der Waals surface area contributed by atoms with Crippen LogP contribution in [0.2, 0.25) is 0 Å². The van der Waals surface area contributed by atoms with E-state index in [2.05, 4.69) is 16.0 Å². The Bertz CT molecular complexity index is 1080. The first-order valence-corrected chi connectivity index (χ1v) is 10.2. The van der Waals surface area contributed by atoms with Crippen LogP contribution in [0.5, 0.6) is 0 Å². The maximum atomic E-state index is 12.4. The molecule has 142 valence electrons. The zero-order valence-electron chi connectivity index (χ0n) is 15.4. The lowest BCUT2D eigenvalue weighted by atomic mass is 10.1. The summed E-state index contributed by atoms with van der Waals surface area (Å²) in [5.74, 6) is -0.0318. The largest absolute Gasteiger partial charge is 0.355 e. The van der Waals surface area contributed by atoms with Gasteiger partial charge < -0.3 is 9.88 Å². The number of rotatable bonds is 6. The highest BCUT2D eigenvalue weighted by Crippen LogP contribution is 2.25. The molecule has 0 bridgehead atoms.